The molecule has 0 atom stereocenters. The van der Waals surface area contributed by atoms with Crippen LogP contribution in [0.25, 0.3) is 0 Å². The fourth-order valence-corrected chi connectivity index (χ4v) is 1.65. The number of nitrogens with one attached hydrogen (secondary N) is 1. The Labute approximate surface area is 95.8 Å². The molecule has 0 saturated heterocycles. The standard InChI is InChI=1S/C9H9N5OS/c1-5-4-15-9(14-5)16-7-3-12-6(2-13-7)8(10)11/h2-4H,1H3,(H3,10,11). The summed E-state index contributed by atoms with van der Waals surface area (Å²) in [5.74, 6) is -0.101. The van der Waals surface area contributed by atoms with Crippen molar-refractivity contribution in [3.8, 4) is 0 Å². The van der Waals surface area contributed by atoms with Crippen molar-refractivity contribution < 1.29 is 4.42 Å². The summed E-state index contributed by atoms with van der Waals surface area (Å²) in [6.07, 6.45) is 4.54. The lowest BCUT2D eigenvalue weighted by atomic mass is 10.4. The summed E-state index contributed by atoms with van der Waals surface area (Å²) < 4.78 is 5.16. The van der Waals surface area contributed by atoms with Gasteiger partial charge in [-0.2, -0.15) is 0 Å². The molecule has 16 heavy (non-hydrogen) atoms. The van der Waals surface area contributed by atoms with E-state index in [9.17, 15) is 0 Å². The van der Waals surface area contributed by atoms with Crippen molar-refractivity contribution in [3.05, 3.63) is 30.0 Å². The molecule has 7 heteroatoms. The molecule has 0 unspecified atom stereocenters. The number of aryl methyl sites for hydroxylation is 1. The molecule has 0 amide bonds. The quantitative estimate of drug-likeness (QED) is 0.612. The Morgan fingerprint density at radius 2 is 2.25 bits per heavy atom. The Morgan fingerprint density at radius 1 is 1.44 bits per heavy atom. The van der Waals surface area contributed by atoms with Gasteiger partial charge in [-0.25, -0.2) is 15.0 Å². The second-order valence-corrected chi connectivity index (χ2v) is 3.98. The minimum atomic E-state index is -0.101. The lowest BCUT2D eigenvalue weighted by Gasteiger charge is -1.98. The lowest BCUT2D eigenvalue weighted by Crippen LogP contribution is -2.13. The maximum atomic E-state index is 7.17. The van der Waals surface area contributed by atoms with Gasteiger partial charge >= 0.3 is 0 Å². The summed E-state index contributed by atoms with van der Waals surface area (Å²) in [5.41, 5.74) is 6.43. The summed E-state index contributed by atoms with van der Waals surface area (Å²) in [7, 11) is 0. The van der Waals surface area contributed by atoms with Crippen molar-refractivity contribution in [1.82, 2.24) is 15.0 Å². The summed E-state index contributed by atoms with van der Waals surface area (Å²) in [4.78, 5) is 12.2. The molecular formula is C9H9N5OS. The fraction of sp³-hybridized carbons (Fsp3) is 0.111. The van der Waals surface area contributed by atoms with Crippen LogP contribution in [-0.4, -0.2) is 20.8 Å². The summed E-state index contributed by atoms with van der Waals surface area (Å²) in [6.45, 7) is 1.85. The molecule has 3 N–H and O–H groups in total. The number of hydrogen-bond donors (Lipinski definition) is 2. The maximum absolute atomic E-state index is 7.17. The van der Waals surface area contributed by atoms with Crippen LogP contribution in [0.1, 0.15) is 11.4 Å². The van der Waals surface area contributed by atoms with E-state index in [1.54, 1.807) is 6.26 Å². The second-order valence-electron chi connectivity index (χ2n) is 3.01. The third-order valence-corrected chi connectivity index (χ3v) is 2.48. The number of aromatic nitrogens is 3. The predicted molar refractivity (Wildman–Crippen MR) is 58.4 cm³/mol. The molecule has 2 heterocycles. The third kappa shape index (κ3) is 2.37. The normalized spacial score (nSPS) is 10.3. The first-order valence-corrected chi connectivity index (χ1v) is 5.23. The second kappa shape index (κ2) is 4.31. The monoisotopic (exact) mass is 235 g/mol. The molecule has 6 nitrogen and oxygen atoms in total. The SMILES string of the molecule is Cc1coc(Sc2cnc(C(=N)N)cn2)n1. The van der Waals surface area contributed by atoms with E-state index in [2.05, 4.69) is 15.0 Å². The highest BCUT2D eigenvalue weighted by molar-refractivity contribution is 7.99. The van der Waals surface area contributed by atoms with Crippen LogP contribution >= 0.6 is 11.8 Å². The number of nitrogen functional groups attached to an aromatic ring is 1. The van der Waals surface area contributed by atoms with Gasteiger partial charge in [-0.1, -0.05) is 0 Å². The largest absolute Gasteiger partial charge is 0.439 e. The molecule has 0 saturated carbocycles. The molecule has 0 aromatic carbocycles. The van der Waals surface area contributed by atoms with Gasteiger partial charge in [0.2, 0.25) is 0 Å². The van der Waals surface area contributed by atoms with Gasteiger partial charge in [-0.05, 0) is 18.7 Å². The topological polar surface area (TPSA) is 102 Å². The van der Waals surface area contributed by atoms with Crippen LogP contribution in [0.5, 0.6) is 0 Å². The van der Waals surface area contributed by atoms with Crippen molar-refractivity contribution in [2.45, 2.75) is 17.2 Å². The van der Waals surface area contributed by atoms with E-state index in [1.807, 2.05) is 6.92 Å². The average Bonchev–Trinajstić information content (AvgIpc) is 2.65. The Hall–Kier alpha value is -1.89. The van der Waals surface area contributed by atoms with Gasteiger partial charge in [-0.15, -0.1) is 0 Å². The zero-order valence-electron chi connectivity index (χ0n) is 8.47. The van der Waals surface area contributed by atoms with Crippen LogP contribution in [-0.2, 0) is 0 Å². The minimum Gasteiger partial charge on any atom is -0.439 e. The van der Waals surface area contributed by atoms with Crippen LogP contribution in [0.4, 0.5) is 0 Å². The van der Waals surface area contributed by atoms with Gasteiger partial charge in [0.15, 0.2) is 0 Å². The molecule has 0 aliphatic carbocycles. The van der Waals surface area contributed by atoms with Gasteiger partial charge in [0.25, 0.3) is 5.22 Å². The highest BCUT2D eigenvalue weighted by Crippen LogP contribution is 2.23. The number of oxazole rings is 1. The van der Waals surface area contributed by atoms with Crippen LogP contribution in [0, 0.1) is 12.3 Å². The van der Waals surface area contributed by atoms with Crippen LogP contribution < -0.4 is 5.73 Å². The Balaban J connectivity index is 2.14. The fourth-order valence-electron chi connectivity index (χ4n) is 0.977. The molecule has 0 bridgehead atoms. The van der Waals surface area contributed by atoms with E-state index in [1.165, 1.54) is 24.2 Å². The average molecular weight is 235 g/mol. The molecular weight excluding hydrogens is 226 g/mol. The van der Waals surface area contributed by atoms with Gasteiger partial charge < -0.3 is 10.2 Å². The van der Waals surface area contributed by atoms with E-state index in [4.69, 9.17) is 15.6 Å². The highest BCUT2D eigenvalue weighted by Gasteiger charge is 2.06. The first-order valence-electron chi connectivity index (χ1n) is 4.41. The molecule has 0 fully saturated rings. The number of rotatable bonds is 3. The summed E-state index contributed by atoms with van der Waals surface area (Å²) in [6, 6.07) is 0. The van der Waals surface area contributed by atoms with Gasteiger partial charge in [0.1, 0.15) is 22.8 Å². The molecule has 0 aliphatic rings. The predicted octanol–water partition coefficient (Wildman–Crippen LogP) is 1.21. The summed E-state index contributed by atoms with van der Waals surface area (Å²) >= 11 is 1.27. The zero-order chi connectivity index (χ0) is 11.5. The molecule has 0 spiro atoms. The Kier molecular flexibility index (Phi) is 2.86. The van der Waals surface area contributed by atoms with Gasteiger partial charge in [-0.3, -0.25) is 5.41 Å². The first-order chi connectivity index (χ1) is 7.65. The van der Waals surface area contributed by atoms with E-state index in [0.29, 0.717) is 15.9 Å². The van der Waals surface area contributed by atoms with Crippen molar-refractivity contribution in [2.75, 3.05) is 0 Å². The van der Waals surface area contributed by atoms with E-state index < -0.39 is 0 Å². The van der Waals surface area contributed by atoms with Crippen LogP contribution in [0.2, 0.25) is 0 Å². The van der Waals surface area contributed by atoms with E-state index >= 15 is 0 Å². The van der Waals surface area contributed by atoms with Crippen molar-refractivity contribution in [2.24, 2.45) is 5.73 Å². The van der Waals surface area contributed by atoms with Crippen LogP contribution in [0.3, 0.4) is 0 Å². The van der Waals surface area contributed by atoms with Crippen molar-refractivity contribution in [3.63, 3.8) is 0 Å². The Bertz CT molecular complexity index is 507. The minimum absolute atomic E-state index is 0.101. The van der Waals surface area contributed by atoms with Gasteiger partial charge in [0, 0.05) is 0 Å². The maximum Gasteiger partial charge on any atom is 0.262 e. The summed E-state index contributed by atoms with van der Waals surface area (Å²) in [5, 5.41) is 8.33. The first kappa shape index (κ1) is 10.6. The lowest BCUT2D eigenvalue weighted by molar-refractivity contribution is 0.453. The number of amidine groups is 1. The smallest absolute Gasteiger partial charge is 0.262 e. The van der Waals surface area contributed by atoms with E-state index in [0.717, 1.165) is 5.69 Å². The molecule has 2 aromatic heterocycles. The van der Waals surface area contributed by atoms with Gasteiger partial charge in [0.05, 0.1) is 18.1 Å². The van der Waals surface area contributed by atoms with Crippen LogP contribution in [0.15, 0.2) is 33.3 Å². The molecule has 82 valence electrons. The van der Waals surface area contributed by atoms with E-state index in [-0.39, 0.29) is 5.84 Å². The number of nitrogens with two attached hydrogens (primary N) is 1. The molecule has 0 radical (unpaired) electrons. The number of hydrogen-bond acceptors (Lipinski definition) is 6. The highest BCUT2D eigenvalue weighted by atomic mass is 32.2. The van der Waals surface area contributed by atoms with Crippen molar-refractivity contribution in [1.29, 1.82) is 5.41 Å². The molecule has 2 rings (SSSR count). The Morgan fingerprint density at radius 3 is 2.75 bits per heavy atom. The molecule has 2 aromatic rings. The number of nitrogens with zero attached hydrogens (tertiary/aromatic N) is 3. The van der Waals surface area contributed by atoms with Crippen molar-refractivity contribution >= 4 is 17.6 Å². The molecule has 0 aliphatic heterocycles. The zero-order valence-corrected chi connectivity index (χ0v) is 9.28. The third-order valence-electron chi connectivity index (χ3n) is 1.69.